The van der Waals surface area contributed by atoms with Crippen LogP contribution >= 0.6 is 0 Å². The lowest BCUT2D eigenvalue weighted by Crippen LogP contribution is -2.06. The molecule has 0 aromatic heterocycles. The van der Waals surface area contributed by atoms with Crippen LogP contribution in [0, 0.1) is 11.3 Å². The van der Waals surface area contributed by atoms with Crippen molar-refractivity contribution in [1.82, 2.24) is 5.32 Å². The van der Waals surface area contributed by atoms with E-state index in [1.165, 1.54) is 12.5 Å². The lowest BCUT2D eigenvalue weighted by atomic mass is 10.2. The first-order chi connectivity index (χ1) is 6.79. The van der Waals surface area contributed by atoms with E-state index in [2.05, 4.69) is 11.4 Å². The van der Waals surface area contributed by atoms with E-state index in [1.807, 2.05) is 25.2 Å². The Hall–Kier alpha value is -1.53. The number of nitrogens with one attached hydrogen (secondary N) is 1. The molecule has 1 aromatic carbocycles. The first kappa shape index (κ1) is 12.5. The van der Waals surface area contributed by atoms with Crippen molar-refractivity contribution < 1.29 is 4.74 Å². The third-order valence-corrected chi connectivity index (χ3v) is 1.56. The van der Waals surface area contributed by atoms with Gasteiger partial charge in [0.15, 0.2) is 0 Å². The lowest BCUT2D eigenvalue weighted by Gasteiger charge is -2.06. The Morgan fingerprint density at radius 1 is 1.43 bits per heavy atom. The van der Waals surface area contributed by atoms with Crippen molar-refractivity contribution in [3.8, 4) is 11.8 Å². The van der Waals surface area contributed by atoms with Gasteiger partial charge < -0.3 is 10.1 Å². The second-order valence-electron chi connectivity index (χ2n) is 2.57. The van der Waals surface area contributed by atoms with Gasteiger partial charge in [-0.25, -0.2) is 0 Å². The summed E-state index contributed by atoms with van der Waals surface area (Å²) in [5.41, 5.74) is 1.19. The zero-order valence-electron chi connectivity index (χ0n) is 8.87. The smallest absolute Gasteiger partial charge is 0.123 e. The lowest BCUT2D eigenvalue weighted by molar-refractivity contribution is 0.408. The van der Waals surface area contributed by atoms with E-state index in [9.17, 15) is 0 Å². The van der Waals surface area contributed by atoms with Crippen molar-refractivity contribution in [1.29, 1.82) is 5.26 Å². The maximum absolute atomic E-state index is 7.32. The van der Waals surface area contributed by atoms with Gasteiger partial charge in [-0.05, 0) is 13.1 Å². The summed E-state index contributed by atoms with van der Waals surface area (Å²) < 4.78 is 5.16. The van der Waals surface area contributed by atoms with Crippen molar-refractivity contribution in [3.05, 3.63) is 29.8 Å². The van der Waals surface area contributed by atoms with Gasteiger partial charge in [0, 0.05) is 19.0 Å². The Labute approximate surface area is 85.3 Å². The molecule has 3 nitrogen and oxygen atoms in total. The highest BCUT2D eigenvalue weighted by Gasteiger charge is 1.97. The van der Waals surface area contributed by atoms with Gasteiger partial charge >= 0.3 is 0 Å². The van der Waals surface area contributed by atoms with E-state index < -0.39 is 0 Å². The number of methoxy groups -OCH3 is 1. The molecule has 0 aliphatic rings. The first-order valence-electron chi connectivity index (χ1n) is 4.37. The molecule has 0 saturated carbocycles. The van der Waals surface area contributed by atoms with Gasteiger partial charge in [0.05, 0.1) is 13.2 Å². The highest BCUT2D eigenvalue weighted by atomic mass is 16.5. The molecule has 1 rings (SSSR count). The standard InChI is InChI=1S/C9H13NO.C2H3N/c1-10-7-8-5-3-4-6-9(8)11-2;1-2-3/h3-6,10H,7H2,1-2H3;1H3. The first-order valence-corrected chi connectivity index (χ1v) is 4.37. The molecule has 0 aliphatic heterocycles. The maximum Gasteiger partial charge on any atom is 0.123 e. The second kappa shape index (κ2) is 8.09. The molecule has 0 heterocycles. The average Bonchev–Trinajstić information content (AvgIpc) is 2.20. The van der Waals surface area contributed by atoms with Crippen molar-refractivity contribution in [3.63, 3.8) is 0 Å². The molecule has 0 spiro atoms. The zero-order valence-corrected chi connectivity index (χ0v) is 8.87. The summed E-state index contributed by atoms with van der Waals surface area (Å²) in [6, 6.07) is 9.75. The van der Waals surface area contributed by atoms with Crippen molar-refractivity contribution in [2.24, 2.45) is 0 Å². The molecule has 0 bridgehead atoms. The summed E-state index contributed by atoms with van der Waals surface area (Å²) in [5.74, 6) is 0.946. The summed E-state index contributed by atoms with van der Waals surface area (Å²) in [7, 11) is 3.61. The fourth-order valence-electron chi connectivity index (χ4n) is 1.04. The quantitative estimate of drug-likeness (QED) is 0.796. The number of rotatable bonds is 3. The third-order valence-electron chi connectivity index (χ3n) is 1.56. The van der Waals surface area contributed by atoms with Gasteiger partial charge in [0.1, 0.15) is 5.75 Å². The highest BCUT2D eigenvalue weighted by Crippen LogP contribution is 2.16. The second-order valence-corrected chi connectivity index (χ2v) is 2.57. The average molecular weight is 192 g/mol. The molecule has 0 radical (unpaired) electrons. The molecule has 0 amide bonds. The van der Waals surface area contributed by atoms with Gasteiger partial charge in [0.25, 0.3) is 0 Å². The van der Waals surface area contributed by atoms with Gasteiger partial charge in [-0.15, -0.1) is 0 Å². The zero-order chi connectivity index (χ0) is 10.8. The van der Waals surface area contributed by atoms with E-state index in [0.29, 0.717) is 0 Å². The number of para-hydroxylation sites is 1. The Bertz CT molecular complexity index is 292. The molecule has 3 heteroatoms. The predicted molar refractivity (Wildman–Crippen MR) is 57.0 cm³/mol. The normalized spacial score (nSPS) is 8.14. The van der Waals surface area contributed by atoms with E-state index in [1.54, 1.807) is 13.2 Å². The monoisotopic (exact) mass is 192 g/mol. The summed E-state index contributed by atoms with van der Waals surface area (Å²) in [6.45, 7) is 2.28. The maximum atomic E-state index is 7.32. The van der Waals surface area contributed by atoms with Crippen LogP contribution in [0.25, 0.3) is 0 Å². The van der Waals surface area contributed by atoms with Crippen LogP contribution in [0.15, 0.2) is 24.3 Å². The highest BCUT2D eigenvalue weighted by molar-refractivity contribution is 5.32. The van der Waals surface area contributed by atoms with E-state index >= 15 is 0 Å². The fourth-order valence-corrected chi connectivity index (χ4v) is 1.04. The number of nitrogens with zero attached hydrogens (tertiary/aromatic N) is 1. The molecule has 0 saturated heterocycles. The van der Waals surface area contributed by atoms with Gasteiger partial charge in [-0.3, -0.25) is 0 Å². The number of benzene rings is 1. The Kier molecular flexibility index (Phi) is 7.20. The number of nitriles is 1. The minimum atomic E-state index is 0.851. The Balaban J connectivity index is 0.000000500. The molecule has 0 atom stereocenters. The van der Waals surface area contributed by atoms with Crippen molar-refractivity contribution >= 4 is 0 Å². The Morgan fingerprint density at radius 3 is 2.50 bits per heavy atom. The minimum Gasteiger partial charge on any atom is -0.496 e. The van der Waals surface area contributed by atoms with Crippen LogP contribution in [0.4, 0.5) is 0 Å². The molecule has 14 heavy (non-hydrogen) atoms. The molecule has 0 unspecified atom stereocenters. The predicted octanol–water partition coefficient (Wildman–Crippen LogP) is 1.94. The molecule has 1 aromatic rings. The van der Waals surface area contributed by atoms with E-state index in [0.717, 1.165) is 12.3 Å². The third kappa shape index (κ3) is 4.48. The fraction of sp³-hybridized carbons (Fsp3) is 0.364. The molecule has 76 valence electrons. The van der Waals surface area contributed by atoms with Crippen molar-refractivity contribution in [2.75, 3.05) is 14.2 Å². The Morgan fingerprint density at radius 2 is 2.00 bits per heavy atom. The summed E-state index contributed by atoms with van der Waals surface area (Å²) in [5, 5.41) is 10.4. The SMILES string of the molecule is CC#N.CNCc1ccccc1OC. The van der Waals surface area contributed by atoms with Crippen molar-refractivity contribution in [2.45, 2.75) is 13.5 Å². The summed E-state index contributed by atoms with van der Waals surface area (Å²) >= 11 is 0. The topological polar surface area (TPSA) is 45.0 Å². The van der Waals surface area contributed by atoms with Gasteiger partial charge in [-0.2, -0.15) is 5.26 Å². The number of hydrogen-bond donors (Lipinski definition) is 1. The van der Waals surface area contributed by atoms with E-state index in [-0.39, 0.29) is 0 Å². The van der Waals surface area contributed by atoms with Crippen LogP contribution < -0.4 is 10.1 Å². The van der Waals surface area contributed by atoms with Crippen LogP contribution in [0.1, 0.15) is 12.5 Å². The molecule has 1 N–H and O–H groups in total. The van der Waals surface area contributed by atoms with Crippen LogP contribution in [0.2, 0.25) is 0 Å². The minimum absolute atomic E-state index is 0.851. The van der Waals surface area contributed by atoms with Crippen LogP contribution in [-0.4, -0.2) is 14.2 Å². The van der Waals surface area contributed by atoms with Gasteiger partial charge in [-0.1, -0.05) is 18.2 Å². The largest absolute Gasteiger partial charge is 0.496 e. The number of ether oxygens (including phenoxy) is 1. The van der Waals surface area contributed by atoms with Crippen LogP contribution in [-0.2, 0) is 6.54 Å². The van der Waals surface area contributed by atoms with Crippen LogP contribution in [0.3, 0.4) is 0 Å². The molecule has 0 fully saturated rings. The van der Waals surface area contributed by atoms with Crippen LogP contribution in [0.5, 0.6) is 5.75 Å². The van der Waals surface area contributed by atoms with E-state index in [4.69, 9.17) is 10.00 Å². The molecular weight excluding hydrogens is 176 g/mol. The van der Waals surface area contributed by atoms with Gasteiger partial charge in [0.2, 0.25) is 0 Å². The summed E-state index contributed by atoms with van der Waals surface area (Å²) in [4.78, 5) is 0. The summed E-state index contributed by atoms with van der Waals surface area (Å²) in [6.07, 6.45) is 0. The molecular formula is C11H16N2O. The number of hydrogen-bond acceptors (Lipinski definition) is 3. The molecule has 0 aliphatic carbocycles.